The first-order valence-corrected chi connectivity index (χ1v) is 7.73. The van der Waals surface area contributed by atoms with Crippen molar-refractivity contribution >= 4 is 5.91 Å². The third-order valence-corrected chi connectivity index (χ3v) is 3.50. The van der Waals surface area contributed by atoms with Gasteiger partial charge in [0.15, 0.2) is 0 Å². The van der Waals surface area contributed by atoms with E-state index in [1.54, 1.807) is 6.92 Å². The van der Waals surface area contributed by atoms with Crippen LogP contribution in [0.4, 0.5) is 0 Å². The highest BCUT2D eigenvalue weighted by atomic mass is 16.3. The molecule has 0 aromatic heterocycles. The van der Waals surface area contributed by atoms with Gasteiger partial charge in [0, 0.05) is 23.9 Å². The number of nitrogens with one attached hydrogen (secondary N) is 1. The van der Waals surface area contributed by atoms with E-state index in [2.05, 4.69) is 17.2 Å². The lowest BCUT2D eigenvalue weighted by Gasteiger charge is -2.19. The Balaban J connectivity index is 1.96. The number of hydrogen-bond donors (Lipinski definition) is 2. The lowest BCUT2D eigenvalue weighted by atomic mass is 9.93. The standard InChI is InChI=1S/C20H21NO2/c1-16(22)14-19(18-10-6-3-7-11-18)15-21-20(23)13-12-17-8-4-2-5-9-17/h2-11,16,19,22H,14-15H2,1H3,(H,21,23). The second kappa shape index (κ2) is 8.77. The molecular formula is C20H21NO2. The molecule has 23 heavy (non-hydrogen) atoms. The first-order valence-electron chi connectivity index (χ1n) is 7.73. The predicted molar refractivity (Wildman–Crippen MR) is 91.8 cm³/mol. The third kappa shape index (κ3) is 5.98. The maximum absolute atomic E-state index is 11.9. The molecule has 0 heterocycles. The van der Waals surface area contributed by atoms with Gasteiger partial charge in [0.1, 0.15) is 0 Å². The molecule has 3 nitrogen and oxygen atoms in total. The van der Waals surface area contributed by atoms with E-state index in [1.165, 1.54) is 0 Å². The van der Waals surface area contributed by atoms with E-state index < -0.39 is 6.10 Å². The predicted octanol–water partition coefficient (Wildman–Crippen LogP) is 2.71. The highest BCUT2D eigenvalue weighted by molar-refractivity contribution is 5.94. The first-order chi connectivity index (χ1) is 11.1. The molecule has 118 valence electrons. The summed E-state index contributed by atoms with van der Waals surface area (Å²) in [5, 5.41) is 12.5. The van der Waals surface area contributed by atoms with Crippen LogP contribution in [0.3, 0.4) is 0 Å². The van der Waals surface area contributed by atoms with Gasteiger partial charge in [-0.25, -0.2) is 0 Å². The summed E-state index contributed by atoms with van der Waals surface area (Å²) < 4.78 is 0. The second-order valence-electron chi connectivity index (χ2n) is 5.52. The lowest BCUT2D eigenvalue weighted by Crippen LogP contribution is -2.28. The fourth-order valence-corrected chi connectivity index (χ4v) is 2.38. The van der Waals surface area contributed by atoms with Crippen LogP contribution >= 0.6 is 0 Å². The third-order valence-electron chi connectivity index (χ3n) is 3.50. The first kappa shape index (κ1) is 16.8. The van der Waals surface area contributed by atoms with Gasteiger partial charge in [0.05, 0.1) is 6.10 Å². The molecule has 0 aliphatic rings. The van der Waals surface area contributed by atoms with E-state index >= 15 is 0 Å². The number of amides is 1. The van der Waals surface area contributed by atoms with Crippen molar-refractivity contribution in [1.82, 2.24) is 5.32 Å². The second-order valence-corrected chi connectivity index (χ2v) is 5.52. The van der Waals surface area contributed by atoms with Gasteiger partial charge in [-0.3, -0.25) is 4.79 Å². The van der Waals surface area contributed by atoms with Gasteiger partial charge >= 0.3 is 0 Å². The van der Waals surface area contributed by atoms with Gasteiger partial charge in [0.25, 0.3) is 5.91 Å². The Morgan fingerprint density at radius 3 is 2.30 bits per heavy atom. The number of aliphatic hydroxyl groups is 1. The zero-order chi connectivity index (χ0) is 16.5. The molecule has 0 radical (unpaired) electrons. The molecule has 1 amide bonds. The smallest absolute Gasteiger partial charge is 0.296 e. The van der Waals surface area contributed by atoms with Crippen molar-refractivity contribution in [2.24, 2.45) is 0 Å². The van der Waals surface area contributed by atoms with Gasteiger partial charge in [0.2, 0.25) is 0 Å². The Morgan fingerprint density at radius 2 is 1.70 bits per heavy atom. The van der Waals surface area contributed by atoms with Gasteiger partial charge in [-0.15, -0.1) is 0 Å². The molecule has 2 atom stereocenters. The number of carbonyl (C=O) groups excluding carboxylic acids is 1. The summed E-state index contributed by atoms with van der Waals surface area (Å²) in [6.45, 7) is 2.21. The number of hydrogen-bond acceptors (Lipinski definition) is 2. The molecule has 3 heteroatoms. The molecule has 0 bridgehead atoms. The summed E-state index contributed by atoms with van der Waals surface area (Å²) in [6.07, 6.45) is 0.170. The van der Waals surface area contributed by atoms with Crippen LogP contribution in [0.2, 0.25) is 0 Å². The topological polar surface area (TPSA) is 49.3 Å². The fourth-order valence-electron chi connectivity index (χ4n) is 2.38. The van der Waals surface area contributed by atoms with E-state index in [4.69, 9.17) is 0 Å². The van der Waals surface area contributed by atoms with Crippen molar-refractivity contribution in [2.75, 3.05) is 6.54 Å². The molecule has 2 rings (SSSR count). The van der Waals surface area contributed by atoms with Gasteiger partial charge in [-0.2, -0.15) is 0 Å². The SMILES string of the molecule is CC(O)CC(CNC(=O)C#Cc1ccccc1)c1ccccc1. The monoisotopic (exact) mass is 307 g/mol. The van der Waals surface area contributed by atoms with Gasteiger partial charge in [-0.1, -0.05) is 54.5 Å². The molecule has 0 aliphatic carbocycles. The molecule has 2 N–H and O–H groups in total. The molecule has 0 fully saturated rings. The van der Waals surface area contributed by atoms with Crippen molar-refractivity contribution in [3.05, 3.63) is 71.8 Å². The Bertz CT molecular complexity index is 669. The minimum Gasteiger partial charge on any atom is -0.393 e. The summed E-state index contributed by atoms with van der Waals surface area (Å²) in [7, 11) is 0. The maximum Gasteiger partial charge on any atom is 0.296 e. The van der Waals surface area contributed by atoms with Crippen molar-refractivity contribution in [1.29, 1.82) is 0 Å². The zero-order valence-corrected chi connectivity index (χ0v) is 13.2. The van der Waals surface area contributed by atoms with Crippen molar-refractivity contribution in [2.45, 2.75) is 25.4 Å². The number of carbonyl (C=O) groups is 1. The number of aliphatic hydroxyl groups excluding tert-OH is 1. The van der Waals surface area contributed by atoms with E-state index in [0.717, 1.165) is 11.1 Å². The average Bonchev–Trinajstić information content (AvgIpc) is 2.58. The van der Waals surface area contributed by atoms with E-state index in [-0.39, 0.29) is 11.8 Å². The van der Waals surface area contributed by atoms with Crippen LogP contribution in [-0.4, -0.2) is 23.7 Å². The lowest BCUT2D eigenvalue weighted by molar-refractivity contribution is -0.115. The van der Waals surface area contributed by atoms with Crippen molar-refractivity contribution in [3.63, 3.8) is 0 Å². The largest absolute Gasteiger partial charge is 0.393 e. The van der Waals surface area contributed by atoms with Crippen LogP contribution in [0.25, 0.3) is 0 Å². The van der Waals surface area contributed by atoms with E-state index in [1.807, 2.05) is 60.7 Å². The van der Waals surface area contributed by atoms with Crippen LogP contribution in [-0.2, 0) is 4.79 Å². The Kier molecular flexibility index (Phi) is 6.40. The number of rotatable bonds is 5. The zero-order valence-electron chi connectivity index (χ0n) is 13.2. The summed E-state index contributed by atoms with van der Waals surface area (Å²) >= 11 is 0. The van der Waals surface area contributed by atoms with Crippen molar-refractivity contribution < 1.29 is 9.90 Å². The maximum atomic E-state index is 11.9. The van der Waals surface area contributed by atoms with Gasteiger partial charge < -0.3 is 10.4 Å². The molecule has 0 spiro atoms. The summed E-state index contributed by atoms with van der Waals surface area (Å²) in [5.41, 5.74) is 1.91. The molecule has 2 unspecified atom stereocenters. The average molecular weight is 307 g/mol. The van der Waals surface area contributed by atoms with Gasteiger partial charge in [-0.05, 0) is 31.0 Å². The Hall–Kier alpha value is -2.57. The highest BCUT2D eigenvalue weighted by Crippen LogP contribution is 2.20. The van der Waals surface area contributed by atoms with Crippen LogP contribution < -0.4 is 5.32 Å². The fraction of sp³-hybridized carbons (Fsp3) is 0.250. The van der Waals surface area contributed by atoms with Crippen molar-refractivity contribution in [3.8, 4) is 11.8 Å². The minimum atomic E-state index is -0.424. The minimum absolute atomic E-state index is 0.0682. The summed E-state index contributed by atoms with van der Waals surface area (Å²) in [5.74, 6) is 5.20. The van der Waals surface area contributed by atoms with Crippen LogP contribution in [0.15, 0.2) is 60.7 Å². The molecule has 0 saturated heterocycles. The van der Waals surface area contributed by atoms with Crippen LogP contribution in [0.1, 0.15) is 30.4 Å². The summed E-state index contributed by atoms with van der Waals surface area (Å²) in [4.78, 5) is 11.9. The summed E-state index contributed by atoms with van der Waals surface area (Å²) in [6, 6.07) is 19.3. The highest BCUT2D eigenvalue weighted by Gasteiger charge is 2.14. The Morgan fingerprint density at radius 1 is 1.09 bits per heavy atom. The van der Waals surface area contributed by atoms with E-state index in [0.29, 0.717) is 13.0 Å². The number of benzene rings is 2. The van der Waals surface area contributed by atoms with Crippen LogP contribution in [0, 0.1) is 11.8 Å². The van der Waals surface area contributed by atoms with Crippen LogP contribution in [0.5, 0.6) is 0 Å². The Labute approximate surface area is 137 Å². The normalized spacial score (nSPS) is 12.6. The molecule has 2 aromatic rings. The molecular weight excluding hydrogens is 286 g/mol. The quantitative estimate of drug-likeness (QED) is 0.835. The molecule has 2 aromatic carbocycles. The van der Waals surface area contributed by atoms with E-state index in [9.17, 15) is 9.90 Å². The molecule has 0 aliphatic heterocycles. The molecule has 0 saturated carbocycles.